The van der Waals surface area contributed by atoms with Crippen molar-refractivity contribution in [1.29, 1.82) is 0 Å². The minimum Gasteiger partial charge on any atom is -0.383 e. The summed E-state index contributed by atoms with van der Waals surface area (Å²) in [6, 6.07) is 8.17. The van der Waals surface area contributed by atoms with Gasteiger partial charge in [-0.1, -0.05) is 18.2 Å². The van der Waals surface area contributed by atoms with Crippen molar-refractivity contribution in [3.63, 3.8) is 0 Å². The Balaban J connectivity index is 1.70. The number of likely N-dealkylation sites (tertiary alicyclic amines) is 1. The zero-order valence-electron chi connectivity index (χ0n) is 10.8. The summed E-state index contributed by atoms with van der Waals surface area (Å²) in [5.74, 6) is -0.119. The lowest BCUT2D eigenvalue weighted by atomic mass is 10.1. The van der Waals surface area contributed by atoms with Crippen molar-refractivity contribution >= 4 is 16.8 Å². The predicted octanol–water partition coefficient (Wildman–Crippen LogP) is 1.69. The van der Waals surface area contributed by atoms with Crippen LogP contribution in [0.5, 0.6) is 0 Å². The van der Waals surface area contributed by atoms with Gasteiger partial charge in [-0.05, 0) is 30.9 Å². The van der Waals surface area contributed by atoms with E-state index in [1.807, 2.05) is 18.3 Å². The molecule has 0 radical (unpaired) electrons. The fourth-order valence-electron chi connectivity index (χ4n) is 2.74. The highest BCUT2D eigenvalue weighted by Crippen LogP contribution is 2.19. The molecule has 1 aliphatic rings. The fourth-order valence-corrected chi connectivity index (χ4v) is 2.74. The highest BCUT2D eigenvalue weighted by atomic mass is 16.3. The summed E-state index contributed by atoms with van der Waals surface area (Å²) in [4.78, 5) is 16.8. The molecule has 1 unspecified atom stereocenters. The van der Waals surface area contributed by atoms with Gasteiger partial charge in [-0.3, -0.25) is 4.79 Å². The summed E-state index contributed by atoms with van der Waals surface area (Å²) in [6.45, 7) is 1.44. The van der Waals surface area contributed by atoms with E-state index in [0.717, 1.165) is 24.9 Å². The maximum atomic E-state index is 11.8. The number of amides is 1. The third-order valence-electron chi connectivity index (χ3n) is 3.83. The molecular formula is C15H18N2O2. The van der Waals surface area contributed by atoms with Crippen molar-refractivity contribution in [2.24, 2.45) is 0 Å². The van der Waals surface area contributed by atoms with Gasteiger partial charge in [0.05, 0.1) is 0 Å². The van der Waals surface area contributed by atoms with E-state index in [2.05, 4.69) is 17.1 Å². The first-order valence-electron chi connectivity index (χ1n) is 6.77. The lowest BCUT2D eigenvalue weighted by Gasteiger charge is -2.29. The number of hydrogen-bond acceptors (Lipinski definition) is 2. The number of aliphatic hydroxyl groups is 1. The van der Waals surface area contributed by atoms with Crippen molar-refractivity contribution in [3.8, 4) is 0 Å². The van der Waals surface area contributed by atoms with Gasteiger partial charge in [-0.2, -0.15) is 0 Å². The van der Waals surface area contributed by atoms with Crippen LogP contribution in [0.4, 0.5) is 0 Å². The van der Waals surface area contributed by atoms with Gasteiger partial charge < -0.3 is 15.0 Å². The average molecular weight is 258 g/mol. The van der Waals surface area contributed by atoms with Crippen LogP contribution < -0.4 is 0 Å². The van der Waals surface area contributed by atoms with E-state index < -0.39 is 6.10 Å². The lowest BCUT2D eigenvalue weighted by molar-refractivity contribution is -0.143. The van der Waals surface area contributed by atoms with Crippen LogP contribution >= 0.6 is 0 Å². The lowest BCUT2D eigenvalue weighted by Crippen LogP contribution is -2.44. The van der Waals surface area contributed by atoms with Gasteiger partial charge in [0.1, 0.15) is 6.10 Å². The van der Waals surface area contributed by atoms with Gasteiger partial charge in [0.15, 0.2) is 0 Å². The molecule has 4 nitrogen and oxygen atoms in total. The SMILES string of the molecule is O=C1C(O)CCCN1CCc1c[nH]c2ccccc12. The molecule has 19 heavy (non-hydrogen) atoms. The first kappa shape index (κ1) is 12.2. The molecule has 100 valence electrons. The first-order valence-corrected chi connectivity index (χ1v) is 6.77. The van der Waals surface area contributed by atoms with Gasteiger partial charge in [-0.15, -0.1) is 0 Å². The monoisotopic (exact) mass is 258 g/mol. The van der Waals surface area contributed by atoms with Gasteiger partial charge in [0.25, 0.3) is 5.91 Å². The van der Waals surface area contributed by atoms with Crippen molar-refractivity contribution in [3.05, 3.63) is 36.0 Å². The number of hydrogen-bond donors (Lipinski definition) is 2. The number of rotatable bonds is 3. The van der Waals surface area contributed by atoms with Crippen molar-refractivity contribution in [2.75, 3.05) is 13.1 Å². The number of para-hydroxylation sites is 1. The molecule has 1 fully saturated rings. The van der Waals surface area contributed by atoms with E-state index in [1.54, 1.807) is 4.90 Å². The number of H-pyrrole nitrogens is 1. The van der Waals surface area contributed by atoms with Crippen LogP contribution in [0.15, 0.2) is 30.5 Å². The van der Waals surface area contributed by atoms with Gasteiger partial charge >= 0.3 is 0 Å². The Morgan fingerprint density at radius 3 is 3.11 bits per heavy atom. The van der Waals surface area contributed by atoms with Crippen LogP contribution in [0.2, 0.25) is 0 Å². The quantitative estimate of drug-likeness (QED) is 0.880. The number of carbonyl (C=O) groups is 1. The Hall–Kier alpha value is -1.81. The Kier molecular flexibility index (Phi) is 3.25. The highest BCUT2D eigenvalue weighted by Gasteiger charge is 2.26. The van der Waals surface area contributed by atoms with Crippen LogP contribution in [0.1, 0.15) is 18.4 Å². The van der Waals surface area contributed by atoms with Crippen LogP contribution in [-0.2, 0) is 11.2 Å². The van der Waals surface area contributed by atoms with E-state index in [9.17, 15) is 9.90 Å². The molecule has 1 aromatic heterocycles. The van der Waals surface area contributed by atoms with E-state index in [0.29, 0.717) is 13.0 Å². The summed E-state index contributed by atoms with van der Waals surface area (Å²) in [5, 5.41) is 10.8. The summed E-state index contributed by atoms with van der Waals surface area (Å²) in [7, 11) is 0. The van der Waals surface area contributed by atoms with E-state index >= 15 is 0 Å². The molecule has 1 aliphatic heterocycles. The molecule has 2 N–H and O–H groups in total. The standard InChI is InChI=1S/C15H18N2O2/c18-14-6-3-8-17(15(14)19)9-7-11-10-16-13-5-2-1-4-12(11)13/h1-2,4-5,10,14,16,18H,3,6-9H2. The molecule has 1 aromatic carbocycles. The molecule has 1 saturated heterocycles. The summed E-state index contributed by atoms with van der Waals surface area (Å²) in [5.41, 5.74) is 2.35. The van der Waals surface area contributed by atoms with E-state index in [-0.39, 0.29) is 5.91 Å². The van der Waals surface area contributed by atoms with E-state index in [1.165, 1.54) is 10.9 Å². The van der Waals surface area contributed by atoms with Crippen LogP contribution in [0.3, 0.4) is 0 Å². The third-order valence-corrected chi connectivity index (χ3v) is 3.83. The fraction of sp³-hybridized carbons (Fsp3) is 0.400. The minimum absolute atomic E-state index is 0.119. The molecule has 4 heteroatoms. The normalized spacial score (nSPS) is 20.2. The zero-order valence-corrected chi connectivity index (χ0v) is 10.8. The molecule has 0 spiro atoms. The maximum absolute atomic E-state index is 11.8. The Morgan fingerprint density at radius 2 is 2.21 bits per heavy atom. The minimum atomic E-state index is -0.795. The molecule has 0 saturated carbocycles. The Morgan fingerprint density at radius 1 is 1.37 bits per heavy atom. The number of nitrogens with one attached hydrogen (secondary N) is 1. The summed E-state index contributed by atoms with van der Waals surface area (Å²) >= 11 is 0. The molecular weight excluding hydrogens is 240 g/mol. The summed E-state index contributed by atoms with van der Waals surface area (Å²) < 4.78 is 0. The van der Waals surface area contributed by atoms with Crippen LogP contribution in [0, 0.1) is 0 Å². The second-order valence-corrected chi connectivity index (χ2v) is 5.09. The zero-order chi connectivity index (χ0) is 13.2. The Bertz CT molecular complexity index is 591. The molecule has 1 amide bonds. The second-order valence-electron chi connectivity index (χ2n) is 5.09. The van der Waals surface area contributed by atoms with Gasteiger partial charge in [0, 0.05) is 30.2 Å². The van der Waals surface area contributed by atoms with Crippen molar-refractivity contribution in [1.82, 2.24) is 9.88 Å². The highest BCUT2D eigenvalue weighted by molar-refractivity contribution is 5.83. The smallest absolute Gasteiger partial charge is 0.251 e. The Labute approximate surface area is 112 Å². The molecule has 1 atom stereocenters. The van der Waals surface area contributed by atoms with Crippen LogP contribution in [-0.4, -0.2) is 40.1 Å². The van der Waals surface area contributed by atoms with Gasteiger partial charge in [0.2, 0.25) is 0 Å². The molecule has 0 bridgehead atoms. The number of benzene rings is 1. The van der Waals surface area contributed by atoms with Gasteiger partial charge in [-0.25, -0.2) is 0 Å². The number of piperidine rings is 1. The maximum Gasteiger partial charge on any atom is 0.251 e. The average Bonchev–Trinajstić information content (AvgIpc) is 2.84. The molecule has 0 aliphatic carbocycles. The number of aromatic nitrogens is 1. The number of aliphatic hydroxyl groups excluding tert-OH is 1. The second kappa shape index (κ2) is 5.05. The van der Waals surface area contributed by atoms with E-state index in [4.69, 9.17) is 0 Å². The number of nitrogens with zero attached hydrogens (tertiary/aromatic N) is 1. The molecule has 2 aromatic rings. The predicted molar refractivity (Wildman–Crippen MR) is 73.8 cm³/mol. The first-order chi connectivity index (χ1) is 9.25. The van der Waals surface area contributed by atoms with Crippen LogP contribution in [0.25, 0.3) is 10.9 Å². The summed E-state index contributed by atoms with van der Waals surface area (Å²) in [6.07, 6.45) is 3.53. The van der Waals surface area contributed by atoms with Crippen molar-refractivity contribution < 1.29 is 9.90 Å². The topological polar surface area (TPSA) is 56.3 Å². The molecule has 3 rings (SSSR count). The van der Waals surface area contributed by atoms with Crippen molar-refractivity contribution in [2.45, 2.75) is 25.4 Å². The number of fused-ring (bicyclic) bond motifs is 1. The number of carbonyl (C=O) groups excluding carboxylic acids is 1. The number of aromatic amines is 1. The molecule has 2 heterocycles. The largest absolute Gasteiger partial charge is 0.383 e. The third kappa shape index (κ3) is 2.36.